The molecule has 1 aliphatic rings. The number of alkyl halides is 1. The van der Waals surface area contributed by atoms with Crippen LogP contribution in [-0.4, -0.2) is 23.9 Å². The molecule has 0 bridgehead atoms. The third kappa shape index (κ3) is 4.23. The number of halogens is 1. The van der Waals surface area contributed by atoms with E-state index in [0.29, 0.717) is 17.3 Å². The molecular formula is C15H20BrNO2. The number of hydrogen-bond donors (Lipinski definition) is 1. The Morgan fingerprint density at radius 2 is 2.11 bits per heavy atom. The fourth-order valence-electron chi connectivity index (χ4n) is 2.41. The van der Waals surface area contributed by atoms with E-state index in [9.17, 15) is 4.79 Å². The zero-order valence-corrected chi connectivity index (χ0v) is 12.8. The van der Waals surface area contributed by atoms with Crippen LogP contribution in [0.3, 0.4) is 0 Å². The van der Waals surface area contributed by atoms with Crippen molar-refractivity contribution in [1.82, 2.24) is 5.32 Å². The molecule has 0 spiro atoms. The minimum absolute atomic E-state index is 0.146. The summed E-state index contributed by atoms with van der Waals surface area (Å²) in [6.07, 6.45) is 4.75. The largest absolute Gasteiger partial charge is 0.497 e. The van der Waals surface area contributed by atoms with Crippen LogP contribution >= 0.6 is 15.9 Å². The van der Waals surface area contributed by atoms with Crippen molar-refractivity contribution in [1.29, 1.82) is 0 Å². The average molecular weight is 326 g/mol. The minimum Gasteiger partial charge on any atom is -0.497 e. The van der Waals surface area contributed by atoms with Crippen LogP contribution in [0.1, 0.15) is 31.2 Å². The van der Waals surface area contributed by atoms with Gasteiger partial charge in [-0.1, -0.05) is 34.5 Å². The van der Waals surface area contributed by atoms with Gasteiger partial charge in [-0.15, -0.1) is 0 Å². The number of nitrogens with one attached hydrogen (secondary N) is 1. The van der Waals surface area contributed by atoms with Gasteiger partial charge in [0.15, 0.2) is 0 Å². The van der Waals surface area contributed by atoms with E-state index in [1.165, 1.54) is 6.42 Å². The number of hydrogen-bond acceptors (Lipinski definition) is 2. The SMILES string of the molecule is COc1ccc(CCC(=O)NC2CCCC2Br)cc1. The van der Waals surface area contributed by atoms with Crippen LogP contribution in [0.5, 0.6) is 5.75 Å². The summed E-state index contributed by atoms with van der Waals surface area (Å²) < 4.78 is 5.11. The Labute approximate surface area is 122 Å². The molecule has 1 fully saturated rings. The van der Waals surface area contributed by atoms with Gasteiger partial charge in [0.25, 0.3) is 0 Å². The Balaban J connectivity index is 1.76. The quantitative estimate of drug-likeness (QED) is 0.845. The molecule has 0 saturated heterocycles. The fraction of sp³-hybridized carbons (Fsp3) is 0.533. The summed E-state index contributed by atoms with van der Waals surface area (Å²) in [5, 5.41) is 3.11. The second-order valence-electron chi connectivity index (χ2n) is 4.97. The van der Waals surface area contributed by atoms with Crippen molar-refractivity contribution < 1.29 is 9.53 Å². The lowest BCUT2D eigenvalue weighted by Gasteiger charge is -2.16. The predicted octanol–water partition coefficient (Wildman–Crippen LogP) is 3.06. The molecule has 1 aromatic carbocycles. The average Bonchev–Trinajstić information content (AvgIpc) is 2.82. The van der Waals surface area contributed by atoms with E-state index >= 15 is 0 Å². The Morgan fingerprint density at radius 3 is 2.68 bits per heavy atom. The predicted molar refractivity (Wildman–Crippen MR) is 79.8 cm³/mol. The van der Waals surface area contributed by atoms with Crippen LogP contribution in [-0.2, 0) is 11.2 Å². The molecule has 104 valence electrons. The molecule has 2 unspecified atom stereocenters. The molecule has 1 aromatic rings. The Kier molecular flexibility index (Phi) is 5.25. The number of amides is 1. The lowest BCUT2D eigenvalue weighted by Crippen LogP contribution is -2.37. The Morgan fingerprint density at radius 1 is 1.37 bits per heavy atom. The van der Waals surface area contributed by atoms with Gasteiger partial charge in [0.2, 0.25) is 5.91 Å². The molecule has 0 radical (unpaired) electrons. The highest BCUT2D eigenvalue weighted by atomic mass is 79.9. The van der Waals surface area contributed by atoms with Crippen molar-refractivity contribution in [2.75, 3.05) is 7.11 Å². The van der Waals surface area contributed by atoms with Crippen molar-refractivity contribution >= 4 is 21.8 Å². The van der Waals surface area contributed by atoms with E-state index in [1.807, 2.05) is 24.3 Å². The first kappa shape index (κ1) is 14.4. The first-order valence-corrected chi connectivity index (χ1v) is 7.67. The monoisotopic (exact) mass is 325 g/mol. The van der Waals surface area contributed by atoms with Crippen LogP contribution < -0.4 is 10.1 Å². The normalized spacial score (nSPS) is 22.2. The van der Waals surface area contributed by atoms with Crippen molar-refractivity contribution in [2.24, 2.45) is 0 Å². The number of aryl methyl sites for hydroxylation is 1. The standard InChI is InChI=1S/C15H20BrNO2/c1-19-12-8-5-11(6-9-12)7-10-15(18)17-14-4-2-3-13(14)16/h5-6,8-9,13-14H,2-4,7,10H2,1H3,(H,17,18). The number of methoxy groups -OCH3 is 1. The Hall–Kier alpha value is -1.03. The third-order valence-electron chi connectivity index (χ3n) is 3.58. The summed E-state index contributed by atoms with van der Waals surface area (Å²) >= 11 is 3.62. The van der Waals surface area contributed by atoms with Crippen molar-refractivity contribution in [3.63, 3.8) is 0 Å². The molecule has 0 aliphatic heterocycles. The van der Waals surface area contributed by atoms with Crippen LogP contribution in [0.2, 0.25) is 0 Å². The number of benzene rings is 1. The van der Waals surface area contributed by atoms with Gasteiger partial charge in [-0.05, 0) is 37.0 Å². The number of carbonyl (C=O) groups is 1. The molecule has 2 atom stereocenters. The first-order valence-electron chi connectivity index (χ1n) is 6.75. The maximum Gasteiger partial charge on any atom is 0.220 e. The van der Waals surface area contributed by atoms with Gasteiger partial charge in [-0.25, -0.2) is 0 Å². The second-order valence-corrected chi connectivity index (χ2v) is 6.15. The molecule has 2 rings (SSSR count). The van der Waals surface area contributed by atoms with E-state index in [0.717, 1.165) is 30.6 Å². The summed E-state index contributed by atoms with van der Waals surface area (Å²) in [5.74, 6) is 0.994. The molecule has 1 aliphatic carbocycles. The summed E-state index contributed by atoms with van der Waals surface area (Å²) in [7, 11) is 1.65. The topological polar surface area (TPSA) is 38.3 Å². The van der Waals surface area contributed by atoms with E-state index in [-0.39, 0.29) is 5.91 Å². The zero-order chi connectivity index (χ0) is 13.7. The van der Waals surface area contributed by atoms with Crippen molar-refractivity contribution in [3.05, 3.63) is 29.8 Å². The minimum atomic E-state index is 0.146. The van der Waals surface area contributed by atoms with Crippen LogP contribution in [0, 0.1) is 0 Å². The van der Waals surface area contributed by atoms with E-state index in [1.54, 1.807) is 7.11 Å². The highest BCUT2D eigenvalue weighted by molar-refractivity contribution is 9.09. The van der Waals surface area contributed by atoms with Gasteiger partial charge in [0.05, 0.1) is 7.11 Å². The van der Waals surface area contributed by atoms with Crippen molar-refractivity contribution in [3.8, 4) is 5.75 Å². The zero-order valence-electron chi connectivity index (χ0n) is 11.2. The van der Waals surface area contributed by atoms with E-state index in [4.69, 9.17) is 4.74 Å². The summed E-state index contributed by atoms with van der Waals surface area (Å²) in [5.41, 5.74) is 1.16. The van der Waals surface area contributed by atoms with Gasteiger partial charge in [-0.2, -0.15) is 0 Å². The van der Waals surface area contributed by atoms with Gasteiger partial charge < -0.3 is 10.1 Å². The molecule has 19 heavy (non-hydrogen) atoms. The van der Waals surface area contributed by atoms with E-state index < -0.39 is 0 Å². The second kappa shape index (κ2) is 6.94. The van der Waals surface area contributed by atoms with Gasteiger partial charge >= 0.3 is 0 Å². The smallest absolute Gasteiger partial charge is 0.220 e. The third-order valence-corrected chi connectivity index (χ3v) is 4.67. The molecule has 4 heteroatoms. The maximum atomic E-state index is 11.9. The maximum absolute atomic E-state index is 11.9. The molecule has 0 heterocycles. The van der Waals surface area contributed by atoms with Gasteiger partial charge in [0, 0.05) is 17.3 Å². The van der Waals surface area contributed by atoms with Crippen molar-refractivity contribution in [2.45, 2.75) is 43.0 Å². The van der Waals surface area contributed by atoms with E-state index in [2.05, 4.69) is 21.2 Å². The highest BCUT2D eigenvalue weighted by Gasteiger charge is 2.25. The molecule has 3 nitrogen and oxygen atoms in total. The molecule has 0 aromatic heterocycles. The number of ether oxygens (including phenoxy) is 1. The fourth-order valence-corrected chi connectivity index (χ4v) is 3.13. The van der Waals surface area contributed by atoms with Crippen LogP contribution in [0.4, 0.5) is 0 Å². The Bertz CT molecular complexity index is 419. The lowest BCUT2D eigenvalue weighted by atomic mass is 10.1. The molecule has 1 amide bonds. The summed E-state index contributed by atoms with van der Waals surface area (Å²) in [6, 6.07) is 8.19. The molecular weight excluding hydrogens is 306 g/mol. The number of carbonyl (C=O) groups excluding carboxylic acids is 1. The lowest BCUT2D eigenvalue weighted by molar-refractivity contribution is -0.121. The van der Waals surface area contributed by atoms with Crippen LogP contribution in [0.15, 0.2) is 24.3 Å². The first-order chi connectivity index (χ1) is 9.19. The van der Waals surface area contributed by atoms with Gasteiger partial charge in [0.1, 0.15) is 5.75 Å². The number of rotatable bonds is 5. The molecule has 1 saturated carbocycles. The van der Waals surface area contributed by atoms with Gasteiger partial charge in [-0.3, -0.25) is 4.79 Å². The van der Waals surface area contributed by atoms with Crippen LogP contribution in [0.25, 0.3) is 0 Å². The summed E-state index contributed by atoms with van der Waals surface area (Å²) in [6.45, 7) is 0. The highest BCUT2D eigenvalue weighted by Crippen LogP contribution is 2.25. The summed E-state index contributed by atoms with van der Waals surface area (Å²) in [4.78, 5) is 12.3. The molecule has 1 N–H and O–H groups in total.